The molecule has 0 saturated heterocycles. The molecule has 0 saturated carbocycles. The zero-order chi connectivity index (χ0) is 12.0. The van der Waals surface area contributed by atoms with Gasteiger partial charge in [0.05, 0.1) is 12.6 Å². The first-order valence-electron chi connectivity index (χ1n) is 5.97. The number of nitrogens with one attached hydrogen (secondary N) is 1. The summed E-state index contributed by atoms with van der Waals surface area (Å²) in [6.45, 7) is 7.20. The number of ether oxygens (including phenoxy) is 1. The van der Waals surface area contributed by atoms with Crippen molar-refractivity contribution in [2.24, 2.45) is 0 Å². The van der Waals surface area contributed by atoms with E-state index in [1.807, 2.05) is 12.4 Å². The molecule has 0 aromatic carbocycles. The molecule has 2 atom stereocenters. The number of hydrogen-bond donors (Lipinski definition) is 1. The molecule has 0 amide bonds. The van der Waals surface area contributed by atoms with Crippen LogP contribution in [-0.2, 0) is 4.74 Å². The molecule has 0 fully saturated rings. The van der Waals surface area contributed by atoms with Crippen molar-refractivity contribution < 1.29 is 4.74 Å². The number of anilines is 1. The highest BCUT2D eigenvalue weighted by Crippen LogP contribution is 2.15. The first kappa shape index (κ1) is 13.0. The summed E-state index contributed by atoms with van der Waals surface area (Å²) in [5, 5.41) is 3.43. The Hall–Kier alpha value is -1.03. The summed E-state index contributed by atoms with van der Waals surface area (Å²) in [7, 11) is 1.72. The van der Waals surface area contributed by atoms with Crippen molar-refractivity contribution in [2.75, 3.05) is 19.0 Å². The van der Waals surface area contributed by atoms with Crippen molar-refractivity contribution in [3.05, 3.63) is 12.4 Å². The van der Waals surface area contributed by atoms with Gasteiger partial charge in [-0.05, 0) is 20.3 Å². The van der Waals surface area contributed by atoms with E-state index < -0.39 is 0 Å². The highest BCUT2D eigenvalue weighted by atomic mass is 16.5. The van der Waals surface area contributed by atoms with Gasteiger partial charge in [0.1, 0.15) is 0 Å². The second kappa shape index (κ2) is 6.53. The fourth-order valence-corrected chi connectivity index (χ4v) is 1.83. The Balaban J connectivity index is 2.62. The van der Waals surface area contributed by atoms with Crippen LogP contribution in [-0.4, -0.2) is 29.3 Å². The molecule has 1 aromatic rings. The Morgan fingerprint density at radius 3 is 2.88 bits per heavy atom. The molecule has 1 heterocycles. The van der Waals surface area contributed by atoms with Gasteiger partial charge in [0.15, 0.2) is 0 Å². The van der Waals surface area contributed by atoms with Crippen LogP contribution in [0.1, 0.15) is 39.7 Å². The van der Waals surface area contributed by atoms with E-state index in [0.29, 0.717) is 18.7 Å². The Labute approximate surface area is 98.0 Å². The Bertz CT molecular complexity index is 298. The van der Waals surface area contributed by atoms with E-state index in [0.717, 1.165) is 12.4 Å². The fraction of sp³-hybridized carbons (Fsp3) is 0.750. The third-order valence-corrected chi connectivity index (χ3v) is 2.65. The van der Waals surface area contributed by atoms with E-state index in [-0.39, 0.29) is 0 Å². The molecule has 4 heteroatoms. The highest BCUT2D eigenvalue weighted by Gasteiger charge is 2.11. The molecule has 1 rings (SSSR count). The third-order valence-electron chi connectivity index (χ3n) is 2.65. The van der Waals surface area contributed by atoms with Gasteiger partial charge in [-0.25, -0.2) is 4.98 Å². The molecule has 92 valence electrons. The number of rotatable bonds is 7. The minimum atomic E-state index is 0.309. The molecule has 0 aliphatic carbocycles. The molecule has 4 nitrogen and oxygen atoms in total. The fourth-order valence-electron chi connectivity index (χ4n) is 1.83. The first-order chi connectivity index (χ1) is 7.69. The summed E-state index contributed by atoms with van der Waals surface area (Å²) >= 11 is 0. The van der Waals surface area contributed by atoms with E-state index in [2.05, 4.69) is 35.6 Å². The molecule has 0 bridgehead atoms. The Kier molecular flexibility index (Phi) is 5.32. The normalized spacial score (nSPS) is 14.8. The van der Waals surface area contributed by atoms with Crippen LogP contribution in [0.5, 0.6) is 0 Å². The zero-order valence-electron chi connectivity index (χ0n) is 10.7. The van der Waals surface area contributed by atoms with Crippen molar-refractivity contribution in [1.82, 2.24) is 9.55 Å². The summed E-state index contributed by atoms with van der Waals surface area (Å²) in [6.07, 6.45) is 6.16. The van der Waals surface area contributed by atoms with E-state index in [4.69, 9.17) is 4.74 Å². The Morgan fingerprint density at radius 2 is 2.25 bits per heavy atom. The van der Waals surface area contributed by atoms with Crippen LogP contribution in [0, 0.1) is 0 Å². The van der Waals surface area contributed by atoms with Crippen molar-refractivity contribution in [3.63, 3.8) is 0 Å². The van der Waals surface area contributed by atoms with Crippen molar-refractivity contribution >= 4 is 5.95 Å². The predicted octanol–water partition coefficient (Wildman–Crippen LogP) is 2.69. The number of imidazole rings is 1. The summed E-state index contributed by atoms with van der Waals surface area (Å²) in [6, 6.07) is 0.768. The van der Waals surface area contributed by atoms with Gasteiger partial charge >= 0.3 is 0 Å². The molecule has 0 radical (unpaired) electrons. The van der Waals surface area contributed by atoms with E-state index in [1.165, 1.54) is 6.42 Å². The minimum Gasteiger partial charge on any atom is -0.383 e. The van der Waals surface area contributed by atoms with Crippen LogP contribution in [0.4, 0.5) is 5.95 Å². The van der Waals surface area contributed by atoms with E-state index >= 15 is 0 Å². The lowest BCUT2D eigenvalue weighted by Gasteiger charge is -2.19. The second-order valence-electron chi connectivity index (χ2n) is 4.30. The number of aromatic nitrogens is 2. The SMILES string of the molecule is CCCC(C)Nc1nccn1C(C)COC. The van der Waals surface area contributed by atoms with Gasteiger partial charge in [0, 0.05) is 25.5 Å². The summed E-state index contributed by atoms with van der Waals surface area (Å²) in [5.74, 6) is 0.936. The van der Waals surface area contributed by atoms with Crippen LogP contribution >= 0.6 is 0 Å². The predicted molar refractivity (Wildman–Crippen MR) is 66.8 cm³/mol. The Morgan fingerprint density at radius 1 is 1.50 bits per heavy atom. The smallest absolute Gasteiger partial charge is 0.203 e. The van der Waals surface area contributed by atoms with Gasteiger partial charge in [-0.3, -0.25) is 0 Å². The largest absolute Gasteiger partial charge is 0.383 e. The average Bonchev–Trinajstić information content (AvgIpc) is 2.66. The summed E-state index contributed by atoms with van der Waals surface area (Å²) in [5.41, 5.74) is 0. The molecule has 0 aliphatic heterocycles. The van der Waals surface area contributed by atoms with Gasteiger partial charge in [-0.15, -0.1) is 0 Å². The standard InChI is InChI=1S/C12H23N3O/c1-5-6-10(2)14-12-13-7-8-15(12)11(3)9-16-4/h7-8,10-11H,5-6,9H2,1-4H3,(H,13,14). The lowest BCUT2D eigenvalue weighted by atomic mass is 10.2. The molecule has 1 N–H and O–H groups in total. The molecule has 0 spiro atoms. The van der Waals surface area contributed by atoms with Crippen LogP contribution in [0.3, 0.4) is 0 Å². The van der Waals surface area contributed by atoms with Gasteiger partial charge in [0.25, 0.3) is 0 Å². The van der Waals surface area contributed by atoms with Crippen molar-refractivity contribution in [1.29, 1.82) is 0 Å². The molecule has 16 heavy (non-hydrogen) atoms. The van der Waals surface area contributed by atoms with Crippen LogP contribution in [0.2, 0.25) is 0 Å². The third kappa shape index (κ3) is 3.52. The van der Waals surface area contributed by atoms with Gasteiger partial charge in [0.2, 0.25) is 5.95 Å². The first-order valence-corrected chi connectivity index (χ1v) is 5.97. The number of nitrogens with zero attached hydrogens (tertiary/aromatic N) is 2. The van der Waals surface area contributed by atoms with Crippen LogP contribution < -0.4 is 5.32 Å². The maximum Gasteiger partial charge on any atom is 0.203 e. The number of methoxy groups -OCH3 is 1. The van der Waals surface area contributed by atoms with E-state index in [9.17, 15) is 0 Å². The quantitative estimate of drug-likeness (QED) is 0.775. The number of hydrogen-bond acceptors (Lipinski definition) is 3. The molecule has 1 aromatic heterocycles. The van der Waals surface area contributed by atoms with Crippen molar-refractivity contribution in [3.8, 4) is 0 Å². The average molecular weight is 225 g/mol. The van der Waals surface area contributed by atoms with Crippen molar-refractivity contribution in [2.45, 2.75) is 45.7 Å². The monoisotopic (exact) mass is 225 g/mol. The molecule has 0 aliphatic rings. The lowest BCUT2D eigenvalue weighted by Crippen LogP contribution is -2.20. The van der Waals surface area contributed by atoms with Crippen LogP contribution in [0.25, 0.3) is 0 Å². The maximum atomic E-state index is 5.16. The lowest BCUT2D eigenvalue weighted by molar-refractivity contribution is 0.163. The highest BCUT2D eigenvalue weighted by molar-refractivity contribution is 5.27. The minimum absolute atomic E-state index is 0.309. The summed E-state index contributed by atoms with van der Waals surface area (Å²) in [4.78, 5) is 4.34. The maximum absolute atomic E-state index is 5.16. The summed E-state index contributed by atoms with van der Waals surface area (Å²) < 4.78 is 7.28. The zero-order valence-corrected chi connectivity index (χ0v) is 10.7. The molecule has 2 unspecified atom stereocenters. The topological polar surface area (TPSA) is 39.1 Å². The van der Waals surface area contributed by atoms with Crippen LogP contribution in [0.15, 0.2) is 12.4 Å². The molecular formula is C12H23N3O. The van der Waals surface area contributed by atoms with Gasteiger partial charge < -0.3 is 14.6 Å². The van der Waals surface area contributed by atoms with E-state index in [1.54, 1.807) is 7.11 Å². The van der Waals surface area contributed by atoms with Gasteiger partial charge in [-0.2, -0.15) is 0 Å². The second-order valence-corrected chi connectivity index (χ2v) is 4.30. The van der Waals surface area contributed by atoms with Gasteiger partial charge in [-0.1, -0.05) is 13.3 Å². The molecular weight excluding hydrogens is 202 g/mol.